The van der Waals surface area contributed by atoms with E-state index in [0.717, 1.165) is 29.4 Å². The standard InChI is InChI=1S/C18H21Cl2N/c1-3-9-21-18(11-14-5-4-6-15(19)10-14)17-12-16(20)8-7-13(17)2/h4-8,10,12,18,21H,3,9,11H2,1-2H3. The lowest BCUT2D eigenvalue weighted by Crippen LogP contribution is -2.24. The van der Waals surface area contributed by atoms with Gasteiger partial charge in [0.15, 0.2) is 0 Å². The predicted molar refractivity (Wildman–Crippen MR) is 92.4 cm³/mol. The summed E-state index contributed by atoms with van der Waals surface area (Å²) in [5, 5.41) is 5.18. The highest BCUT2D eigenvalue weighted by Crippen LogP contribution is 2.26. The van der Waals surface area contributed by atoms with Gasteiger partial charge in [-0.25, -0.2) is 0 Å². The molecule has 2 aromatic carbocycles. The Balaban J connectivity index is 2.27. The summed E-state index contributed by atoms with van der Waals surface area (Å²) in [6.45, 7) is 5.29. The van der Waals surface area contributed by atoms with Crippen LogP contribution in [-0.2, 0) is 6.42 Å². The normalized spacial score (nSPS) is 12.4. The molecule has 1 atom stereocenters. The number of aryl methyl sites for hydroxylation is 1. The molecular weight excluding hydrogens is 301 g/mol. The van der Waals surface area contributed by atoms with Crippen LogP contribution in [0.1, 0.15) is 36.1 Å². The monoisotopic (exact) mass is 321 g/mol. The summed E-state index contributed by atoms with van der Waals surface area (Å²) in [4.78, 5) is 0. The van der Waals surface area contributed by atoms with Crippen molar-refractivity contribution in [1.82, 2.24) is 5.32 Å². The van der Waals surface area contributed by atoms with Crippen LogP contribution < -0.4 is 5.32 Å². The molecule has 21 heavy (non-hydrogen) atoms. The maximum atomic E-state index is 6.17. The summed E-state index contributed by atoms with van der Waals surface area (Å²) in [6.07, 6.45) is 2.01. The molecule has 1 N–H and O–H groups in total. The van der Waals surface area contributed by atoms with Crippen LogP contribution in [0.5, 0.6) is 0 Å². The zero-order valence-electron chi connectivity index (χ0n) is 12.5. The van der Waals surface area contributed by atoms with Crippen LogP contribution in [0.25, 0.3) is 0 Å². The van der Waals surface area contributed by atoms with E-state index in [9.17, 15) is 0 Å². The van der Waals surface area contributed by atoms with Crippen LogP contribution in [-0.4, -0.2) is 6.54 Å². The van der Waals surface area contributed by atoms with Gasteiger partial charge in [0.25, 0.3) is 0 Å². The highest BCUT2D eigenvalue weighted by atomic mass is 35.5. The first-order valence-electron chi connectivity index (χ1n) is 7.34. The molecule has 0 amide bonds. The Morgan fingerprint density at radius 3 is 2.52 bits per heavy atom. The largest absolute Gasteiger partial charge is 0.310 e. The van der Waals surface area contributed by atoms with Gasteiger partial charge in [0.1, 0.15) is 0 Å². The number of nitrogens with one attached hydrogen (secondary N) is 1. The zero-order valence-corrected chi connectivity index (χ0v) is 14.0. The van der Waals surface area contributed by atoms with Gasteiger partial charge < -0.3 is 5.32 Å². The van der Waals surface area contributed by atoms with E-state index in [1.54, 1.807) is 0 Å². The molecule has 0 aliphatic heterocycles. The second-order valence-corrected chi connectivity index (χ2v) is 6.21. The van der Waals surface area contributed by atoms with Gasteiger partial charge in [-0.05, 0) is 67.3 Å². The van der Waals surface area contributed by atoms with Crippen LogP contribution in [0.15, 0.2) is 42.5 Å². The van der Waals surface area contributed by atoms with E-state index in [2.05, 4.69) is 37.4 Å². The molecule has 0 aliphatic carbocycles. The SMILES string of the molecule is CCCNC(Cc1cccc(Cl)c1)c1cc(Cl)ccc1C. The van der Waals surface area contributed by atoms with E-state index in [-0.39, 0.29) is 6.04 Å². The van der Waals surface area contributed by atoms with Crippen molar-refractivity contribution in [2.24, 2.45) is 0 Å². The summed E-state index contributed by atoms with van der Waals surface area (Å²) in [6, 6.07) is 14.4. The molecule has 0 spiro atoms. The van der Waals surface area contributed by atoms with Crippen molar-refractivity contribution in [3.63, 3.8) is 0 Å². The van der Waals surface area contributed by atoms with Crippen LogP contribution >= 0.6 is 23.2 Å². The third-order valence-corrected chi connectivity index (χ3v) is 4.06. The van der Waals surface area contributed by atoms with E-state index >= 15 is 0 Å². The number of rotatable bonds is 6. The molecule has 1 nitrogen and oxygen atoms in total. The molecule has 0 aromatic heterocycles. The van der Waals surface area contributed by atoms with Crippen molar-refractivity contribution < 1.29 is 0 Å². The summed E-state index contributed by atoms with van der Waals surface area (Å²) < 4.78 is 0. The van der Waals surface area contributed by atoms with E-state index in [0.29, 0.717) is 0 Å². The highest BCUT2D eigenvalue weighted by Gasteiger charge is 2.14. The van der Waals surface area contributed by atoms with Crippen molar-refractivity contribution in [3.05, 3.63) is 69.2 Å². The molecule has 0 heterocycles. The van der Waals surface area contributed by atoms with Crippen LogP contribution in [0, 0.1) is 6.92 Å². The Hall–Kier alpha value is -1.02. The van der Waals surface area contributed by atoms with Gasteiger partial charge in [-0.2, -0.15) is 0 Å². The van der Waals surface area contributed by atoms with Gasteiger partial charge in [-0.3, -0.25) is 0 Å². The molecule has 0 saturated carbocycles. The molecule has 0 aliphatic rings. The molecule has 2 rings (SSSR count). The quantitative estimate of drug-likeness (QED) is 0.731. The molecule has 112 valence electrons. The average molecular weight is 322 g/mol. The molecule has 0 fully saturated rings. The minimum Gasteiger partial charge on any atom is -0.310 e. The topological polar surface area (TPSA) is 12.0 Å². The van der Waals surface area contributed by atoms with Crippen molar-refractivity contribution in [3.8, 4) is 0 Å². The number of hydrogen-bond donors (Lipinski definition) is 1. The predicted octanol–water partition coefficient (Wildman–Crippen LogP) is 5.59. The van der Waals surface area contributed by atoms with E-state index in [1.165, 1.54) is 16.7 Å². The molecule has 0 radical (unpaired) electrons. The molecule has 0 saturated heterocycles. The first-order chi connectivity index (χ1) is 10.1. The summed E-state index contributed by atoms with van der Waals surface area (Å²) in [5.41, 5.74) is 3.75. The summed E-state index contributed by atoms with van der Waals surface area (Å²) >= 11 is 12.3. The highest BCUT2D eigenvalue weighted by molar-refractivity contribution is 6.30. The second-order valence-electron chi connectivity index (χ2n) is 5.34. The fourth-order valence-corrected chi connectivity index (χ4v) is 2.89. The first kappa shape index (κ1) is 16.4. The molecule has 0 bridgehead atoms. The lowest BCUT2D eigenvalue weighted by Gasteiger charge is -2.21. The Labute approximate surface area is 137 Å². The Morgan fingerprint density at radius 2 is 1.81 bits per heavy atom. The van der Waals surface area contributed by atoms with Gasteiger partial charge in [0, 0.05) is 16.1 Å². The van der Waals surface area contributed by atoms with E-state index < -0.39 is 0 Å². The number of halogens is 2. The second kappa shape index (κ2) is 7.84. The summed E-state index contributed by atoms with van der Waals surface area (Å²) in [7, 11) is 0. The van der Waals surface area contributed by atoms with E-state index in [1.807, 2.05) is 24.3 Å². The lowest BCUT2D eigenvalue weighted by atomic mass is 9.95. The molecule has 1 unspecified atom stereocenters. The smallest absolute Gasteiger partial charge is 0.0409 e. The maximum Gasteiger partial charge on any atom is 0.0409 e. The molecule has 3 heteroatoms. The van der Waals surface area contributed by atoms with Gasteiger partial charge in [-0.1, -0.05) is 48.3 Å². The van der Waals surface area contributed by atoms with Crippen molar-refractivity contribution in [2.75, 3.05) is 6.54 Å². The Morgan fingerprint density at radius 1 is 1.05 bits per heavy atom. The lowest BCUT2D eigenvalue weighted by molar-refractivity contribution is 0.527. The van der Waals surface area contributed by atoms with Gasteiger partial charge in [0.05, 0.1) is 0 Å². The summed E-state index contributed by atoms with van der Waals surface area (Å²) in [5.74, 6) is 0. The van der Waals surface area contributed by atoms with Crippen molar-refractivity contribution in [2.45, 2.75) is 32.7 Å². The fourth-order valence-electron chi connectivity index (χ4n) is 2.50. The maximum absolute atomic E-state index is 6.17. The fraction of sp³-hybridized carbons (Fsp3) is 0.333. The van der Waals surface area contributed by atoms with Gasteiger partial charge in [-0.15, -0.1) is 0 Å². The minimum absolute atomic E-state index is 0.252. The molecule has 2 aromatic rings. The number of hydrogen-bond acceptors (Lipinski definition) is 1. The van der Waals surface area contributed by atoms with Gasteiger partial charge >= 0.3 is 0 Å². The van der Waals surface area contributed by atoms with Crippen LogP contribution in [0.2, 0.25) is 10.0 Å². The Kier molecular flexibility index (Phi) is 6.10. The third kappa shape index (κ3) is 4.74. The van der Waals surface area contributed by atoms with Crippen LogP contribution in [0.3, 0.4) is 0 Å². The van der Waals surface area contributed by atoms with Gasteiger partial charge in [0.2, 0.25) is 0 Å². The zero-order chi connectivity index (χ0) is 15.2. The minimum atomic E-state index is 0.252. The van der Waals surface area contributed by atoms with Crippen LogP contribution in [0.4, 0.5) is 0 Å². The van der Waals surface area contributed by atoms with Crippen molar-refractivity contribution in [1.29, 1.82) is 0 Å². The van der Waals surface area contributed by atoms with Crippen molar-refractivity contribution >= 4 is 23.2 Å². The number of benzene rings is 2. The Bertz CT molecular complexity index is 596. The first-order valence-corrected chi connectivity index (χ1v) is 8.09. The van der Waals surface area contributed by atoms with E-state index in [4.69, 9.17) is 23.2 Å². The third-order valence-electron chi connectivity index (χ3n) is 3.59. The molecular formula is C18H21Cl2N. The average Bonchev–Trinajstić information content (AvgIpc) is 2.46.